The molecule has 6 heteroatoms. The summed E-state index contributed by atoms with van der Waals surface area (Å²) in [6.07, 6.45) is 3.96. The van der Waals surface area contributed by atoms with Crippen LogP contribution in [0.5, 0.6) is 11.5 Å². The van der Waals surface area contributed by atoms with Crippen LogP contribution in [0.3, 0.4) is 0 Å². The van der Waals surface area contributed by atoms with Gasteiger partial charge in [0.15, 0.2) is 11.5 Å². The number of methoxy groups -OCH3 is 1. The van der Waals surface area contributed by atoms with Gasteiger partial charge in [0.25, 0.3) is 0 Å². The van der Waals surface area contributed by atoms with Crippen LogP contribution in [-0.2, 0) is 13.1 Å². The smallest absolute Gasteiger partial charge is 0.168 e. The lowest BCUT2D eigenvalue weighted by Crippen LogP contribution is -2.25. The number of para-hydroxylation sites is 1. The van der Waals surface area contributed by atoms with Gasteiger partial charge >= 0.3 is 0 Å². The second-order valence-corrected chi connectivity index (χ2v) is 5.68. The Balaban J connectivity index is 1.69. The number of hydrogen-bond donors (Lipinski definition) is 0. The molecule has 3 rings (SSSR count). The SMILES string of the molecule is CCn1cnnc1CN(C)CC1=Cc2cccc(OC)c2OC1. The largest absolute Gasteiger partial charge is 0.493 e. The molecule has 0 fully saturated rings. The lowest BCUT2D eigenvalue weighted by Gasteiger charge is -2.23. The Labute approximate surface area is 136 Å². The highest BCUT2D eigenvalue weighted by Gasteiger charge is 2.17. The van der Waals surface area contributed by atoms with Gasteiger partial charge in [0, 0.05) is 18.7 Å². The maximum absolute atomic E-state index is 5.89. The molecule has 0 saturated carbocycles. The van der Waals surface area contributed by atoms with E-state index in [0.29, 0.717) is 6.61 Å². The molecule has 2 heterocycles. The first-order valence-corrected chi connectivity index (χ1v) is 7.75. The van der Waals surface area contributed by atoms with Crippen LogP contribution in [0.15, 0.2) is 30.1 Å². The molecule has 0 bridgehead atoms. The first kappa shape index (κ1) is 15.6. The molecule has 1 aliphatic rings. The fraction of sp³-hybridized carbons (Fsp3) is 0.412. The Kier molecular flexibility index (Phi) is 4.62. The molecule has 2 aromatic rings. The van der Waals surface area contributed by atoms with Gasteiger partial charge in [0.05, 0.1) is 13.7 Å². The number of aromatic nitrogens is 3. The van der Waals surface area contributed by atoms with Gasteiger partial charge in [0.1, 0.15) is 18.8 Å². The zero-order valence-corrected chi connectivity index (χ0v) is 13.8. The highest BCUT2D eigenvalue weighted by atomic mass is 16.5. The molecular weight excluding hydrogens is 292 g/mol. The molecule has 1 aliphatic heterocycles. The van der Waals surface area contributed by atoms with Crippen LogP contribution in [0, 0.1) is 0 Å². The van der Waals surface area contributed by atoms with E-state index in [9.17, 15) is 0 Å². The Morgan fingerprint density at radius 3 is 3.00 bits per heavy atom. The zero-order valence-electron chi connectivity index (χ0n) is 13.8. The lowest BCUT2D eigenvalue weighted by molar-refractivity contribution is 0.286. The fourth-order valence-electron chi connectivity index (χ4n) is 2.79. The first-order valence-electron chi connectivity index (χ1n) is 7.75. The van der Waals surface area contributed by atoms with E-state index in [4.69, 9.17) is 9.47 Å². The van der Waals surface area contributed by atoms with E-state index in [1.165, 1.54) is 5.57 Å². The maximum atomic E-state index is 5.89. The van der Waals surface area contributed by atoms with Crippen LogP contribution in [0.25, 0.3) is 6.08 Å². The van der Waals surface area contributed by atoms with E-state index < -0.39 is 0 Å². The van der Waals surface area contributed by atoms with Crippen molar-refractivity contribution in [1.29, 1.82) is 0 Å². The highest BCUT2D eigenvalue weighted by Crippen LogP contribution is 2.35. The quantitative estimate of drug-likeness (QED) is 0.818. The third-order valence-corrected chi connectivity index (χ3v) is 3.91. The molecular formula is C17H22N4O2. The third kappa shape index (κ3) is 3.37. The van der Waals surface area contributed by atoms with Gasteiger partial charge in [-0.05, 0) is 31.7 Å². The summed E-state index contributed by atoms with van der Waals surface area (Å²) in [6.45, 7) is 5.14. The predicted molar refractivity (Wildman–Crippen MR) is 88.5 cm³/mol. The summed E-state index contributed by atoms with van der Waals surface area (Å²) in [5.41, 5.74) is 2.30. The van der Waals surface area contributed by atoms with Crippen molar-refractivity contribution in [2.45, 2.75) is 20.0 Å². The minimum atomic E-state index is 0.582. The van der Waals surface area contributed by atoms with E-state index >= 15 is 0 Å². The number of aryl methyl sites for hydroxylation is 1. The molecule has 1 aromatic carbocycles. The topological polar surface area (TPSA) is 52.4 Å². The molecule has 0 amide bonds. The number of rotatable bonds is 6. The lowest BCUT2D eigenvalue weighted by atomic mass is 10.1. The molecule has 6 nitrogen and oxygen atoms in total. The molecule has 0 N–H and O–H groups in total. The van der Waals surface area contributed by atoms with Crippen molar-refractivity contribution >= 4 is 6.08 Å². The summed E-state index contributed by atoms with van der Waals surface area (Å²) in [7, 11) is 3.74. The Morgan fingerprint density at radius 1 is 1.35 bits per heavy atom. The van der Waals surface area contributed by atoms with Gasteiger partial charge in [-0.1, -0.05) is 12.1 Å². The number of likely N-dealkylation sites (N-methyl/N-ethyl adjacent to an activating group) is 1. The van der Waals surface area contributed by atoms with E-state index in [2.05, 4.69) is 39.7 Å². The van der Waals surface area contributed by atoms with Gasteiger partial charge in [-0.15, -0.1) is 10.2 Å². The number of fused-ring (bicyclic) bond motifs is 1. The summed E-state index contributed by atoms with van der Waals surface area (Å²) in [5.74, 6) is 2.59. The highest BCUT2D eigenvalue weighted by molar-refractivity contribution is 5.66. The first-order chi connectivity index (χ1) is 11.2. The van der Waals surface area contributed by atoms with E-state index in [1.807, 2.05) is 18.2 Å². The summed E-state index contributed by atoms with van der Waals surface area (Å²) in [4.78, 5) is 2.22. The van der Waals surface area contributed by atoms with Crippen LogP contribution in [0.1, 0.15) is 18.3 Å². The second-order valence-electron chi connectivity index (χ2n) is 5.68. The Bertz CT molecular complexity index is 708. The molecule has 0 unspecified atom stereocenters. The summed E-state index contributed by atoms with van der Waals surface area (Å²) in [6, 6.07) is 5.94. The van der Waals surface area contributed by atoms with Crippen LogP contribution in [0.2, 0.25) is 0 Å². The molecule has 0 radical (unpaired) electrons. The van der Waals surface area contributed by atoms with E-state index in [-0.39, 0.29) is 0 Å². The number of hydrogen-bond acceptors (Lipinski definition) is 5. The Hall–Kier alpha value is -2.34. The summed E-state index contributed by atoms with van der Waals surface area (Å²) in [5, 5.41) is 8.16. The number of benzene rings is 1. The molecule has 0 spiro atoms. The maximum Gasteiger partial charge on any atom is 0.168 e. The minimum Gasteiger partial charge on any atom is -0.493 e. The number of ether oxygens (including phenoxy) is 2. The second kappa shape index (κ2) is 6.83. The molecule has 122 valence electrons. The minimum absolute atomic E-state index is 0.582. The van der Waals surface area contributed by atoms with Gasteiger partial charge in [-0.25, -0.2) is 0 Å². The van der Waals surface area contributed by atoms with Crippen molar-refractivity contribution in [1.82, 2.24) is 19.7 Å². The fourth-order valence-corrected chi connectivity index (χ4v) is 2.79. The van der Waals surface area contributed by atoms with Gasteiger partial charge in [-0.3, -0.25) is 4.90 Å². The van der Waals surface area contributed by atoms with Gasteiger partial charge in [-0.2, -0.15) is 0 Å². The normalized spacial score (nSPS) is 13.5. The molecule has 1 aromatic heterocycles. The van der Waals surface area contributed by atoms with Crippen molar-refractivity contribution < 1.29 is 9.47 Å². The van der Waals surface area contributed by atoms with Crippen LogP contribution in [-0.4, -0.2) is 47.0 Å². The Morgan fingerprint density at radius 2 is 2.22 bits per heavy atom. The van der Waals surface area contributed by atoms with Crippen molar-refractivity contribution in [2.24, 2.45) is 0 Å². The van der Waals surface area contributed by atoms with Crippen molar-refractivity contribution in [2.75, 3.05) is 27.3 Å². The molecule has 23 heavy (non-hydrogen) atoms. The molecule has 0 atom stereocenters. The summed E-state index contributed by atoms with van der Waals surface area (Å²) >= 11 is 0. The molecule has 0 aliphatic carbocycles. The average Bonchev–Trinajstić information content (AvgIpc) is 3.00. The standard InChI is InChI=1S/C17H22N4O2/c1-4-21-12-18-19-16(21)10-20(2)9-13-8-14-6-5-7-15(22-3)17(14)23-11-13/h5-8,12H,4,9-11H2,1-3H3. The van der Waals surface area contributed by atoms with Crippen LogP contribution >= 0.6 is 0 Å². The van der Waals surface area contributed by atoms with Gasteiger partial charge < -0.3 is 14.0 Å². The van der Waals surface area contributed by atoms with Crippen LogP contribution < -0.4 is 9.47 Å². The van der Waals surface area contributed by atoms with Crippen molar-refractivity contribution in [3.63, 3.8) is 0 Å². The van der Waals surface area contributed by atoms with E-state index in [0.717, 1.165) is 42.5 Å². The van der Waals surface area contributed by atoms with Gasteiger partial charge in [0.2, 0.25) is 0 Å². The number of nitrogens with zero attached hydrogens (tertiary/aromatic N) is 4. The van der Waals surface area contributed by atoms with E-state index in [1.54, 1.807) is 13.4 Å². The molecule has 0 saturated heterocycles. The third-order valence-electron chi connectivity index (χ3n) is 3.91. The van der Waals surface area contributed by atoms with Crippen LogP contribution in [0.4, 0.5) is 0 Å². The van der Waals surface area contributed by atoms with Crippen molar-refractivity contribution in [3.05, 3.63) is 41.5 Å². The average molecular weight is 314 g/mol. The van der Waals surface area contributed by atoms with Crippen molar-refractivity contribution in [3.8, 4) is 11.5 Å². The monoisotopic (exact) mass is 314 g/mol. The summed E-state index contributed by atoms with van der Waals surface area (Å²) < 4.78 is 13.3. The zero-order chi connectivity index (χ0) is 16.2. The predicted octanol–water partition coefficient (Wildman–Crippen LogP) is 2.21.